The van der Waals surface area contributed by atoms with Crippen LogP contribution in [0.5, 0.6) is 0 Å². The predicted molar refractivity (Wildman–Crippen MR) is 29.8 cm³/mol. The highest BCUT2D eigenvalue weighted by atomic mass is 16.6. The summed E-state index contributed by atoms with van der Waals surface area (Å²) in [5.74, 6) is 4.68. The highest BCUT2D eigenvalue weighted by molar-refractivity contribution is 4.52. The number of rotatable bonds is 4. The Balaban J connectivity index is 2.86. The van der Waals surface area contributed by atoms with E-state index in [1.54, 1.807) is 0 Å². The lowest BCUT2D eigenvalue weighted by Crippen LogP contribution is -2.21. The summed E-state index contributed by atoms with van der Waals surface area (Å²) in [6.07, 6.45) is 0.0334. The van der Waals surface area contributed by atoms with Crippen LogP contribution in [0.25, 0.3) is 0 Å². The number of hydrogen-bond donors (Lipinski definition) is 3. The summed E-state index contributed by atoms with van der Waals surface area (Å²) in [6.45, 7) is 0.627. The SMILES string of the molecule is NCC(O)CCON. The first-order valence-electron chi connectivity index (χ1n) is 2.51. The normalized spacial score (nSPS) is 13.9. The zero-order chi connectivity index (χ0) is 6.41. The molecule has 0 fully saturated rings. The summed E-state index contributed by atoms with van der Waals surface area (Å²) < 4.78 is 0. The van der Waals surface area contributed by atoms with Crippen molar-refractivity contribution in [1.29, 1.82) is 0 Å². The first kappa shape index (κ1) is 7.84. The van der Waals surface area contributed by atoms with Crippen molar-refractivity contribution in [2.24, 2.45) is 11.6 Å². The minimum Gasteiger partial charge on any atom is -0.392 e. The molecule has 1 unspecified atom stereocenters. The van der Waals surface area contributed by atoms with Gasteiger partial charge in [0.2, 0.25) is 0 Å². The van der Waals surface area contributed by atoms with E-state index in [0.29, 0.717) is 13.0 Å². The molecular formula is C4H12N2O2. The van der Waals surface area contributed by atoms with Gasteiger partial charge in [-0.05, 0) is 6.42 Å². The van der Waals surface area contributed by atoms with Gasteiger partial charge in [0.1, 0.15) is 0 Å². The van der Waals surface area contributed by atoms with Crippen LogP contribution in [0.15, 0.2) is 0 Å². The molecule has 5 N–H and O–H groups in total. The predicted octanol–water partition coefficient (Wildman–Crippen LogP) is -1.41. The number of aliphatic hydroxyl groups is 1. The largest absolute Gasteiger partial charge is 0.392 e. The lowest BCUT2D eigenvalue weighted by atomic mass is 10.3. The summed E-state index contributed by atoms with van der Waals surface area (Å²) in [6, 6.07) is 0. The van der Waals surface area contributed by atoms with Gasteiger partial charge in [-0.15, -0.1) is 0 Å². The zero-order valence-electron chi connectivity index (χ0n) is 4.71. The summed E-state index contributed by atoms with van der Waals surface area (Å²) in [5.41, 5.74) is 5.07. The molecule has 4 heteroatoms. The Morgan fingerprint density at radius 1 is 1.62 bits per heavy atom. The lowest BCUT2D eigenvalue weighted by molar-refractivity contribution is 0.0862. The maximum atomic E-state index is 8.73. The van der Waals surface area contributed by atoms with Gasteiger partial charge in [0.05, 0.1) is 12.7 Å². The van der Waals surface area contributed by atoms with E-state index < -0.39 is 6.10 Å². The van der Waals surface area contributed by atoms with Crippen molar-refractivity contribution in [2.75, 3.05) is 13.2 Å². The topological polar surface area (TPSA) is 81.5 Å². The molecule has 0 aromatic heterocycles. The van der Waals surface area contributed by atoms with Gasteiger partial charge in [-0.2, -0.15) is 0 Å². The lowest BCUT2D eigenvalue weighted by Gasteiger charge is -2.03. The molecule has 0 aromatic rings. The van der Waals surface area contributed by atoms with Gasteiger partial charge in [0.15, 0.2) is 0 Å². The third-order valence-corrected chi connectivity index (χ3v) is 0.841. The van der Waals surface area contributed by atoms with Crippen LogP contribution in [0, 0.1) is 0 Å². The quantitative estimate of drug-likeness (QED) is 0.398. The molecule has 0 amide bonds. The van der Waals surface area contributed by atoms with Crippen molar-refractivity contribution in [2.45, 2.75) is 12.5 Å². The summed E-state index contributed by atoms with van der Waals surface area (Å²) in [4.78, 5) is 4.20. The average molecular weight is 120 g/mol. The molecular weight excluding hydrogens is 108 g/mol. The smallest absolute Gasteiger partial charge is 0.0704 e. The van der Waals surface area contributed by atoms with Crippen LogP contribution in [0.4, 0.5) is 0 Å². The Bertz CT molecular complexity index is 51.3. The maximum absolute atomic E-state index is 8.73. The average Bonchev–Trinajstić information content (AvgIpc) is 1.83. The van der Waals surface area contributed by atoms with Crippen molar-refractivity contribution >= 4 is 0 Å². The van der Waals surface area contributed by atoms with E-state index in [1.807, 2.05) is 0 Å². The molecule has 0 aliphatic carbocycles. The second-order valence-electron chi connectivity index (χ2n) is 1.55. The molecule has 1 atom stereocenters. The first-order valence-corrected chi connectivity index (χ1v) is 2.51. The molecule has 50 valence electrons. The Labute approximate surface area is 48.4 Å². The fourth-order valence-corrected chi connectivity index (χ4v) is 0.322. The van der Waals surface area contributed by atoms with Crippen molar-refractivity contribution in [3.05, 3.63) is 0 Å². The third-order valence-electron chi connectivity index (χ3n) is 0.841. The van der Waals surface area contributed by atoms with Gasteiger partial charge >= 0.3 is 0 Å². The van der Waals surface area contributed by atoms with E-state index in [1.165, 1.54) is 0 Å². The van der Waals surface area contributed by atoms with Crippen LogP contribution in [0.2, 0.25) is 0 Å². The molecule has 8 heavy (non-hydrogen) atoms. The van der Waals surface area contributed by atoms with Crippen LogP contribution in [-0.2, 0) is 4.84 Å². The zero-order valence-corrected chi connectivity index (χ0v) is 4.71. The van der Waals surface area contributed by atoms with E-state index >= 15 is 0 Å². The Kier molecular flexibility index (Phi) is 4.89. The number of nitrogens with two attached hydrogens (primary N) is 2. The molecule has 0 saturated heterocycles. The van der Waals surface area contributed by atoms with Crippen LogP contribution >= 0.6 is 0 Å². The number of hydrogen-bond acceptors (Lipinski definition) is 4. The molecule has 0 aromatic carbocycles. The Hall–Kier alpha value is -0.160. The monoisotopic (exact) mass is 120 g/mol. The van der Waals surface area contributed by atoms with Gasteiger partial charge in [0, 0.05) is 6.54 Å². The van der Waals surface area contributed by atoms with E-state index in [2.05, 4.69) is 10.7 Å². The van der Waals surface area contributed by atoms with Crippen LogP contribution in [-0.4, -0.2) is 24.4 Å². The van der Waals surface area contributed by atoms with Crippen LogP contribution in [0.1, 0.15) is 6.42 Å². The Morgan fingerprint density at radius 2 is 2.25 bits per heavy atom. The van der Waals surface area contributed by atoms with E-state index in [0.717, 1.165) is 0 Å². The van der Waals surface area contributed by atoms with Gasteiger partial charge in [0.25, 0.3) is 0 Å². The fraction of sp³-hybridized carbons (Fsp3) is 1.00. The van der Waals surface area contributed by atoms with E-state index in [-0.39, 0.29) is 6.54 Å². The van der Waals surface area contributed by atoms with E-state index in [4.69, 9.17) is 10.8 Å². The highest BCUT2D eigenvalue weighted by Crippen LogP contribution is 1.85. The van der Waals surface area contributed by atoms with Gasteiger partial charge in [-0.25, -0.2) is 5.90 Å². The first-order chi connectivity index (χ1) is 3.81. The Morgan fingerprint density at radius 3 is 2.62 bits per heavy atom. The summed E-state index contributed by atoms with van der Waals surface area (Å²) in [5, 5.41) is 8.73. The molecule has 0 rings (SSSR count). The van der Waals surface area contributed by atoms with Crippen LogP contribution < -0.4 is 11.6 Å². The molecule has 0 aliphatic rings. The third kappa shape index (κ3) is 4.01. The van der Waals surface area contributed by atoms with Gasteiger partial charge in [-0.3, -0.25) is 0 Å². The minimum atomic E-state index is -0.474. The van der Waals surface area contributed by atoms with Gasteiger partial charge in [-0.1, -0.05) is 0 Å². The molecule has 0 bridgehead atoms. The molecule has 0 aliphatic heterocycles. The van der Waals surface area contributed by atoms with E-state index in [9.17, 15) is 0 Å². The minimum absolute atomic E-state index is 0.267. The molecule has 0 spiro atoms. The van der Waals surface area contributed by atoms with Crippen molar-refractivity contribution in [3.63, 3.8) is 0 Å². The summed E-state index contributed by atoms with van der Waals surface area (Å²) in [7, 11) is 0. The highest BCUT2D eigenvalue weighted by Gasteiger charge is 1.97. The van der Waals surface area contributed by atoms with Crippen molar-refractivity contribution in [1.82, 2.24) is 0 Å². The second-order valence-corrected chi connectivity index (χ2v) is 1.55. The number of aliphatic hydroxyl groups excluding tert-OH is 1. The second kappa shape index (κ2) is 4.99. The fourth-order valence-electron chi connectivity index (χ4n) is 0.322. The summed E-state index contributed by atoms with van der Waals surface area (Å²) >= 11 is 0. The van der Waals surface area contributed by atoms with Gasteiger partial charge < -0.3 is 15.7 Å². The standard InChI is InChI=1S/C4H12N2O2/c5-3-4(7)1-2-8-6/h4,7H,1-3,5-6H2. The van der Waals surface area contributed by atoms with Crippen molar-refractivity contribution in [3.8, 4) is 0 Å². The molecule has 0 radical (unpaired) electrons. The molecule has 0 saturated carbocycles. The van der Waals surface area contributed by atoms with Crippen molar-refractivity contribution < 1.29 is 9.94 Å². The maximum Gasteiger partial charge on any atom is 0.0704 e. The molecule has 4 nitrogen and oxygen atoms in total. The molecule has 0 heterocycles. The van der Waals surface area contributed by atoms with Crippen LogP contribution in [0.3, 0.4) is 0 Å².